The van der Waals surface area contributed by atoms with Gasteiger partial charge in [-0.2, -0.15) is 21.6 Å². The van der Waals surface area contributed by atoms with Crippen LogP contribution in [0, 0.1) is 5.82 Å². The van der Waals surface area contributed by atoms with E-state index in [1.807, 2.05) is 0 Å². The van der Waals surface area contributed by atoms with E-state index in [1.165, 1.54) is 29.5 Å². The van der Waals surface area contributed by atoms with Gasteiger partial charge in [0.1, 0.15) is 17.0 Å². The Labute approximate surface area is 270 Å². The van der Waals surface area contributed by atoms with E-state index in [4.69, 9.17) is 13.8 Å². The average Bonchev–Trinajstić information content (AvgIpc) is 3.52. The predicted octanol–water partition coefficient (Wildman–Crippen LogP) is 6.32. The summed E-state index contributed by atoms with van der Waals surface area (Å²) in [6.07, 6.45) is 0.0826. The zero-order valence-electron chi connectivity index (χ0n) is 24.8. The van der Waals surface area contributed by atoms with Gasteiger partial charge in [0, 0.05) is 41.2 Å². The maximum atomic E-state index is 15.1. The Hall–Kier alpha value is -3.60. The van der Waals surface area contributed by atoms with Gasteiger partial charge in [-0.15, -0.1) is 0 Å². The summed E-state index contributed by atoms with van der Waals surface area (Å²) in [5.74, 6) is -1.32. The SMILES string of the molecule is O=C(NCCS(=O)(=O)O)c1cc(F)c2nc(N3C4CC[C@H]3CC(OCc3c(-c5ccccc5C(F)(F)F)noc3C3CC3)C4)sc2c1. The van der Waals surface area contributed by atoms with E-state index in [-0.39, 0.29) is 59.6 Å². The maximum Gasteiger partial charge on any atom is 0.417 e. The molecule has 3 fully saturated rings. The van der Waals surface area contributed by atoms with Gasteiger partial charge in [0.05, 0.1) is 28.7 Å². The Kier molecular flexibility index (Phi) is 8.25. The van der Waals surface area contributed by atoms with Gasteiger partial charge >= 0.3 is 6.18 Å². The highest BCUT2D eigenvalue weighted by Crippen LogP contribution is 2.47. The summed E-state index contributed by atoms with van der Waals surface area (Å²) in [6, 6.07) is 8.00. The fourth-order valence-electron chi connectivity index (χ4n) is 6.67. The van der Waals surface area contributed by atoms with Crippen molar-refractivity contribution in [2.75, 3.05) is 17.2 Å². The van der Waals surface area contributed by atoms with Gasteiger partial charge in [0.2, 0.25) is 0 Å². The van der Waals surface area contributed by atoms with Crippen molar-refractivity contribution in [2.45, 2.75) is 75.4 Å². The number of hydrogen-bond donors (Lipinski definition) is 2. The first-order chi connectivity index (χ1) is 22.4. The molecule has 7 rings (SSSR count). The highest BCUT2D eigenvalue weighted by molar-refractivity contribution is 7.85. The zero-order chi connectivity index (χ0) is 33.1. The lowest BCUT2D eigenvalue weighted by molar-refractivity contribution is -0.137. The third-order valence-electron chi connectivity index (χ3n) is 8.97. The zero-order valence-corrected chi connectivity index (χ0v) is 26.4. The van der Waals surface area contributed by atoms with Crippen LogP contribution in [-0.2, 0) is 27.6 Å². The number of halogens is 4. The molecule has 2 aromatic carbocycles. The Morgan fingerprint density at radius 3 is 2.53 bits per heavy atom. The number of piperidine rings is 1. The number of anilines is 1. The molecule has 2 saturated heterocycles. The minimum Gasteiger partial charge on any atom is -0.373 e. The largest absolute Gasteiger partial charge is 0.417 e. The number of rotatable bonds is 10. The molecule has 1 amide bonds. The molecule has 3 atom stereocenters. The van der Waals surface area contributed by atoms with Crippen LogP contribution < -0.4 is 10.2 Å². The van der Waals surface area contributed by atoms with Crippen molar-refractivity contribution in [1.82, 2.24) is 15.5 Å². The van der Waals surface area contributed by atoms with Crippen LogP contribution in [0.25, 0.3) is 21.5 Å². The van der Waals surface area contributed by atoms with E-state index in [0.717, 1.165) is 37.8 Å². The second-order valence-corrected chi connectivity index (χ2v) is 14.8. The summed E-state index contributed by atoms with van der Waals surface area (Å²) >= 11 is 1.26. The van der Waals surface area contributed by atoms with Crippen molar-refractivity contribution >= 4 is 42.7 Å². The first-order valence-electron chi connectivity index (χ1n) is 15.2. The van der Waals surface area contributed by atoms with Gasteiger partial charge in [0.15, 0.2) is 10.9 Å². The number of amides is 1. The van der Waals surface area contributed by atoms with Crippen LogP contribution in [-0.4, -0.2) is 59.5 Å². The van der Waals surface area contributed by atoms with E-state index >= 15 is 4.39 Å². The van der Waals surface area contributed by atoms with Gasteiger partial charge in [-0.05, 0) is 56.7 Å². The summed E-state index contributed by atoms with van der Waals surface area (Å²) in [5, 5.41) is 7.07. The summed E-state index contributed by atoms with van der Waals surface area (Å²) in [6.45, 7) is -0.255. The number of benzene rings is 2. The molecule has 2 N–H and O–H groups in total. The number of ether oxygens (including phenoxy) is 1. The van der Waals surface area contributed by atoms with Crippen molar-refractivity contribution in [3.8, 4) is 11.3 Å². The molecule has 2 unspecified atom stereocenters. The molecule has 47 heavy (non-hydrogen) atoms. The number of nitrogens with one attached hydrogen (secondary N) is 1. The number of alkyl halides is 3. The Balaban J connectivity index is 1.06. The monoisotopic (exact) mass is 694 g/mol. The minimum absolute atomic E-state index is 0.00662. The van der Waals surface area contributed by atoms with Crippen LogP contribution in [0.15, 0.2) is 40.9 Å². The van der Waals surface area contributed by atoms with Crippen LogP contribution in [0.4, 0.5) is 22.7 Å². The van der Waals surface area contributed by atoms with Crippen LogP contribution in [0.2, 0.25) is 0 Å². The van der Waals surface area contributed by atoms with Crippen LogP contribution in [0.1, 0.15) is 71.7 Å². The van der Waals surface area contributed by atoms with E-state index in [2.05, 4.69) is 20.4 Å². The predicted molar refractivity (Wildman–Crippen MR) is 164 cm³/mol. The van der Waals surface area contributed by atoms with E-state index in [1.54, 1.807) is 6.07 Å². The molecular formula is C31H30F4N4O6S2. The van der Waals surface area contributed by atoms with Gasteiger partial charge in [-0.3, -0.25) is 9.35 Å². The van der Waals surface area contributed by atoms with Crippen molar-refractivity contribution in [3.63, 3.8) is 0 Å². The lowest BCUT2D eigenvalue weighted by Crippen LogP contribution is -2.45. The van der Waals surface area contributed by atoms with E-state index in [9.17, 15) is 26.4 Å². The van der Waals surface area contributed by atoms with Crippen molar-refractivity contribution in [1.29, 1.82) is 0 Å². The number of aromatic nitrogens is 2. The summed E-state index contributed by atoms with van der Waals surface area (Å²) < 4.78 is 99.8. The summed E-state index contributed by atoms with van der Waals surface area (Å²) in [7, 11) is -4.26. The molecule has 0 radical (unpaired) electrons. The standard InChI is InChI=1S/C31H30F4N4O6S2/c32-24-11-17(29(40)36-9-10-47(41,42)43)12-25-27(24)37-30(46-25)39-18-7-8-19(39)14-20(13-18)44-15-22-26(38-45-28(22)16-5-6-16)21-3-1-2-4-23(21)31(33,34)35/h1-4,11-12,16,18-20H,5-10,13-15H2,(H,36,40)(H,41,42,43)/t18-,19?,20?/m0/s1. The normalized spacial score (nSPS) is 21.5. The molecule has 2 bridgehead atoms. The first kappa shape index (κ1) is 32.0. The van der Waals surface area contributed by atoms with Crippen molar-refractivity contribution < 1.29 is 44.6 Å². The summed E-state index contributed by atoms with van der Waals surface area (Å²) in [4.78, 5) is 19.2. The second-order valence-electron chi connectivity index (χ2n) is 12.2. The number of carbonyl (C=O) groups is 1. The molecule has 4 aromatic rings. The van der Waals surface area contributed by atoms with Crippen LogP contribution in [0.5, 0.6) is 0 Å². The van der Waals surface area contributed by atoms with Crippen molar-refractivity contribution in [2.24, 2.45) is 0 Å². The van der Waals surface area contributed by atoms with Gasteiger partial charge in [-0.1, -0.05) is 34.7 Å². The Bertz CT molecular complexity index is 1930. The van der Waals surface area contributed by atoms with Crippen LogP contribution in [0.3, 0.4) is 0 Å². The number of nitrogens with zero attached hydrogens (tertiary/aromatic N) is 3. The third kappa shape index (κ3) is 6.60. The quantitative estimate of drug-likeness (QED) is 0.144. The molecule has 3 aliphatic rings. The molecule has 2 aromatic heterocycles. The van der Waals surface area contributed by atoms with Gasteiger partial charge in [-0.25, -0.2) is 9.37 Å². The lowest BCUT2D eigenvalue weighted by atomic mass is 9.98. The smallest absolute Gasteiger partial charge is 0.373 e. The highest BCUT2D eigenvalue weighted by Gasteiger charge is 2.43. The highest BCUT2D eigenvalue weighted by atomic mass is 32.2. The lowest BCUT2D eigenvalue weighted by Gasteiger charge is -2.38. The molecule has 0 spiro atoms. The molecular weight excluding hydrogens is 664 g/mol. The fraction of sp³-hybridized carbons (Fsp3) is 0.452. The molecule has 4 heterocycles. The first-order valence-corrected chi connectivity index (χ1v) is 17.7. The molecule has 16 heteroatoms. The van der Waals surface area contributed by atoms with Crippen molar-refractivity contribution in [3.05, 3.63) is 64.7 Å². The molecule has 1 aliphatic carbocycles. The minimum atomic E-state index is -4.55. The topological polar surface area (TPSA) is 135 Å². The molecule has 2 aliphatic heterocycles. The second kappa shape index (κ2) is 12.1. The van der Waals surface area contributed by atoms with E-state index < -0.39 is 39.3 Å². The average molecular weight is 695 g/mol. The molecule has 250 valence electrons. The number of fused-ring (bicyclic) bond motifs is 3. The Morgan fingerprint density at radius 2 is 1.85 bits per heavy atom. The van der Waals surface area contributed by atoms with Gasteiger partial charge in [0.25, 0.3) is 16.0 Å². The maximum absolute atomic E-state index is 15.1. The van der Waals surface area contributed by atoms with Gasteiger partial charge < -0.3 is 19.5 Å². The molecule has 1 saturated carbocycles. The van der Waals surface area contributed by atoms with Crippen LogP contribution >= 0.6 is 11.3 Å². The molecule has 10 nitrogen and oxygen atoms in total. The summed E-state index contributed by atoms with van der Waals surface area (Å²) in [5.41, 5.74) is 0.0316. The number of thiazole rings is 1. The van der Waals surface area contributed by atoms with E-state index in [0.29, 0.717) is 34.0 Å². The number of carbonyl (C=O) groups excluding carboxylic acids is 1. The third-order valence-corrected chi connectivity index (χ3v) is 10.7. The Morgan fingerprint density at radius 1 is 1.13 bits per heavy atom. The number of hydrogen-bond acceptors (Lipinski definition) is 9. The fourth-order valence-corrected chi connectivity index (χ4v) is 8.19.